The molecule has 7 heteroatoms. The largest absolute Gasteiger partial charge is 0.496 e. The number of carbonyl (C=O) groups is 1. The van der Waals surface area contributed by atoms with Gasteiger partial charge < -0.3 is 19.4 Å². The fourth-order valence-corrected chi connectivity index (χ4v) is 3.85. The molecule has 4 rings (SSSR count). The van der Waals surface area contributed by atoms with Crippen LogP contribution < -0.4 is 15.0 Å². The fourth-order valence-electron chi connectivity index (χ4n) is 3.85. The maximum atomic E-state index is 13.2. The number of hydrogen-bond donors (Lipinski definition) is 1. The van der Waals surface area contributed by atoms with E-state index in [1.165, 1.54) is 19.8 Å². The Morgan fingerprint density at radius 1 is 1.10 bits per heavy atom. The van der Waals surface area contributed by atoms with Gasteiger partial charge in [0.1, 0.15) is 22.9 Å². The average molecular weight is 419 g/mol. The molecule has 2 aromatic carbocycles. The lowest BCUT2D eigenvalue weighted by Crippen LogP contribution is -2.40. The number of nitrogens with one attached hydrogen (secondary N) is 1. The first kappa shape index (κ1) is 20.7. The topological polar surface area (TPSA) is 84.5 Å². The highest BCUT2D eigenvalue weighted by Gasteiger charge is 2.29. The van der Waals surface area contributed by atoms with Gasteiger partial charge in [0.25, 0.3) is 11.5 Å². The number of methoxy groups -OCH3 is 2. The van der Waals surface area contributed by atoms with E-state index in [1.807, 2.05) is 31.2 Å². The van der Waals surface area contributed by atoms with Gasteiger partial charge in [0.15, 0.2) is 0 Å². The van der Waals surface area contributed by atoms with Gasteiger partial charge in [0.05, 0.1) is 32.0 Å². The number of aromatic nitrogens is 2. The zero-order valence-corrected chi connectivity index (χ0v) is 17.9. The number of amides is 1. The van der Waals surface area contributed by atoms with E-state index in [0.29, 0.717) is 47.8 Å². The molecule has 1 aromatic heterocycles. The molecule has 3 aromatic rings. The van der Waals surface area contributed by atoms with Gasteiger partial charge in [-0.05, 0) is 24.6 Å². The van der Waals surface area contributed by atoms with Crippen molar-refractivity contribution in [2.45, 2.75) is 26.3 Å². The summed E-state index contributed by atoms with van der Waals surface area (Å²) in [6.07, 6.45) is 1.08. The minimum absolute atomic E-state index is 0.197. The van der Waals surface area contributed by atoms with Crippen LogP contribution in [-0.2, 0) is 19.4 Å². The number of rotatable bonds is 5. The van der Waals surface area contributed by atoms with Crippen molar-refractivity contribution >= 4 is 5.91 Å². The van der Waals surface area contributed by atoms with Crippen LogP contribution in [0.5, 0.6) is 11.5 Å². The van der Waals surface area contributed by atoms with Gasteiger partial charge in [-0.1, -0.05) is 35.9 Å². The molecule has 0 saturated carbocycles. The van der Waals surface area contributed by atoms with E-state index in [2.05, 4.69) is 9.97 Å². The summed E-state index contributed by atoms with van der Waals surface area (Å²) in [5.41, 5.74) is 3.72. The van der Waals surface area contributed by atoms with E-state index in [4.69, 9.17) is 9.47 Å². The van der Waals surface area contributed by atoms with Gasteiger partial charge in [0.2, 0.25) is 0 Å². The number of H-pyrrole nitrogens is 1. The van der Waals surface area contributed by atoms with Gasteiger partial charge in [0, 0.05) is 19.4 Å². The fraction of sp³-hybridized carbons (Fsp3) is 0.292. The second kappa shape index (κ2) is 8.63. The molecule has 1 aliphatic rings. The quantitative estimate of drug-likeness (QED) is 0.687. The Morgan fingerprint density at radius 3 is 2.42 bits per heavy atom. The maximum absolute atomic E-state index is 13.2. The van der Waals surface area contributed by atoms with E-state index in [1.54, 1.807) is 23.1 Å². The van der Waals surface area contributed by atoms with Crippen molar-refractivity contribution in [3.63, 3.8) is 0 Å². The maximum Gasteiger partial charge on any atom is 0.261 e. The van der Waals surface area contributed by atoms with Crippen LogP contribution in [0.15, 0.2) is 47.3 Å². The van der Waals surface area contributed by atoms with Crippen molar-refractivity contribution in [2.75, 3.05) is 20.8 Å². The van der Waals surface area contributed by atoms with Crippen LogP contribution in [0.25, 0.3) is 0 Å². The van der Waals surface area contributed by atoms with Crippen molar-refractivity contribution in [3.8, 4) is 11.5 Å². The SMILES string of the molecule is COc1cccc(OC)c1C(=O)N1CCc2nc(Cc3ccc(C)cc3)[nH]c(=O)c2C1. The minimum Gasteiger partial charge on any atom is -0.496 e. The Kier molecular flexibility index (Phi) is 5.75. The lowest BCUT2D eigenvalue weighted by molar-refractivity contribution is 0.0725. The minimum atomic E-state index is -0.233. The van der Waals surface area contributed by atoms with Crippen LogP contribution in [0.3, 0.4) is 0 Å². The molecule has 0 unspecified atom stereocenters. The Morgan fingerprint density at radius 2 is 1.77 bits per heavy atom. The molecule has 0 aliphatic carbocycles. The van der Waals surface area contributed by atoms with Gasteiger partial charge in [-0.15, -0.1) is 0 Å². The molecule has 1 amide bonds. The molecule has 2 heterocycles. The van der Waals surface area contributed by atoms with Gasteiger partial charge in [-0.3, -0.25) is 9.59 Å². The van der Waals surface area contributed by atoms with Crippen molar-refractivity contribution < 1.29 is 14.3 Å². The number of ether oxygens (including phenoxy) is 2. The van der Waals surface area contributed by atoms with Crippen LogP contribution in [0.4, 0.5) is 0 Å². The van der Waals surface area contributed by atoms with Crippen LogP contribution in [-0.4, -0.2) is 41.5 Å². The number of hydrogen-bond acceptors (Lipinski definition) is 5. The summed E-state index contributed by atoms with van der Waals surface area (Å²) in [4.78, 5) is 35.3. The molecule has 0 atom stereocenters. The number of carbonyl (C=O) groups excluding carboxylic acids is 1. The Balaban J connectivity index is 1.59. The standard InChI is InChI=1S/C24H25N3O4/c1-15-7-9-16(10-8-15)13-21-25-18-11-12-27(14-17(18)23(28)26-21)24(29)22-19(30-2)5-4-6-20(22)31-3/h4-10H,11-14H2,1-3H3,(H,25,26,28). The first-order valence-electron chi connectivity index (χ1n) is 10.2. The molecular weight excluding hydrogens is 394 g/mol. The number of nitrogens with zero attached hydrogens (tertiary/aromatic N) is 2. The molecule has 1 aliphatic heterocycles. The monoisotopic (exact) mass is 419 g/mol. The van der Waals surface area contributed by atoms with E-state index >= 15 is 0 Å². The predicted octanol–water partition coefficient (Wildman–Crippen LogP) is 2.88. The lowest BCUT2D eigenvalue weighted by Gasteiger charge is -2.29. The summed E-state index contributed by atoms with van der Waals surface area (Å²) in [5.74, 6) is 1.29. The van der Waals surface area contributed by atoms with Crippen molar-refractivity contribution in [1.29, 1.82) is 0 Å². The highest BCUT2D eigenvalue weighted by molar-refractivity contribution is 5.99. The third-order valence-electron chi connectivity index (χ3n) is 5.54. The summed E-state index contributed by atoms with van der Waals surface area (Å²) in [6, 6.07) is 13.4. The zero-order chi connectivity index (χ0) is 22.0. The zero-order valence-electron chi connectivity index (χ0n) is 17.9. The Labute approximate surface area is 180 Å². The van der Waals surface area contributed by atoms with Gasteiger partial charge >= 0.3 is 0 Å². The molecule has 0 saturated heterocycles. The molecule has 0 bridgehead atoms. The third kappa shape index (κ3) is 4.17. The average Bonchev–Trinajstić information content (AvgIpc) is 2.79. The van der Waals surface area contributed by atoms with E-state index in [-0.39, 0.29) is 18.0 Å². The smallest absolute Gasteiger partial charge is 0.261 e. The second-order valence-corrected chi connectivity index (χ2v) is 7.61. The van der Waals surface area contributed by atoms with Crippen molar-refractivity contribution in [1.82, 2.24) is 14.9 Å². The summed E-state index contributed by atoms with van der Waals surface area (Å²) in [7, 11) is 3.03. The Bertz CT molecular complexity index is 1150. The van der Waals surface area contributed by atoms with Crippen molar-refractivity contribution in [3.05, 3.63) is 86.6 Å². The first-order valence-corrected chi connectivity index (χ1v) is 10.2. The molecule has 1 N–H and O–H groups in total. The Hall–Kier alpha value is -3.61. The second-order valence-electron chi connectivity index (χ2n) is 7.61. The molecule has 7 nitrogen and oxygen atoms in total. The molecular formula is C24H25N3O4. The first-order chi connectivity index (χ1) is 15.0. The summed E-state index contributed by atoms with van der Waals surface area (Å²) >= 11 is 0. The molecule has 0 fully saturated rings. The molecule has 160 valence electrons. The van der Waals surface area contributed by atoms with Crippen LogP contribution in [0, 0.1) is 6.92 Å². The lowest BCUT2D eigenvalue weighted by atomic mass is 10.0. The summed E-state index contributed by atoms with van der Waals surface area (Å²) in [6.45, 7) is 2.70. The summed E-state index contributed by atoms with van der Waals surface area (Å²) in [5, 5.41) is 0. The number of aryl methyl sites for hydroxylation is 1. The van der Waals surface area contributed by atoms with Crippen LogP contribution in [0.2, 0.25) is 0 Å². The number of aromatic amines is 1. The molecule has 0 radical (unpaired) electrons. The van der Waals surface area contributed by atoms with Crippen molar-refractivity contribution in [2.24, 2.45) is 0 Å². The third-order valence-corrected chi connectivity index (χ3v) is 5.54. The molecule has 0 spiro atoms. The predicted molar refractivity (Wildman–Crippen MR) is 117 cm³/mol. The normalized spacial score (nSPS) is 12.9. The highest BCUT2D eigenvalue weighted by Crippen LogP contribution is 2.30. The molecule has 31 heavy (non-hydrogen) atoms. The van der Waals surface area contributed by atoms with E-state index < -0.39 is 0 Å². The van der Waals surface area contributed by atoms with E-state index in [9.17, 15) is 9.59 Å². The highest BCUT2D eigenvalue weighted by atomic mass is 16.5. The van der Waals surface area contributed by atoms with Crippen LogP contribution >= 0.6 is 0 Å². The summed E-state index contributed by atoms with van der Waals surface area (Å²) < 4.78 is 10.7. The van der Waals surface area contributed by atoms with E-state index in [0.717, 1.165) is 11.3 Å². The van der Waals surface area contributed by atoms with Gasteiger partial charge in [-0.2, -0.15) is 0 Å². The number of benzene rings is 2. The number of fused-ring (bicyclic) bond motifs is 1. The van der Waals surface area contributed by atoms with Crippen LogP contribution in [0.1, 0.15) is 38.6 Å². The van der Waals surface area contributed by atoms with Gasteiger partial charge in [-0.25, -0.2) is 4.98 Å².